The van der Waals surface area contributed by atoms with Crippen LogP contribution in [0.25, 0.3) is 0 Å². The van der Waals surface area contributed by atoms with Crippen molar-refractivity contribution in [2.75, 3.05) is 11.9 Å². The molecular weight excluding hydrogens is 419 g/mol. The normalized spacial score (nSPS) is 26.4. The van der Waals surface area contributed by atoms with E-state index in [1.54, 1.807) is 0 Å². The summed E-state index contributed by atoms with van der Waals surface area (Å²) in [5.41, 5.74) is -0.444. The lowest BCUT2D eigenvalue weighted by atomic mass is 9.96. The van der Waals surface area contributed by atoms with Gasteiger partial charge in [0.1, 0.15) is 9.30 Å². The number of carbonyl (C=O) groups is 1. The molecular formula is C17H25IN4O2. The van der Waals surface area contributed by atoms with E-state index in [0.29, 0.717) is 6.04 Å². The van der Waals surface area contributed by atoms with E-state index in [2.05, 4.69) is 44.7 Å². The molecule has 0 aliphatic carbocycles. The van der Waals surface area contributed by atoms with Crippen LogP contribution in [0.5, 0.6) is 0 Å². The highest BCUT2D eigenvalue weighted by molar-refractivity contribution is 14.1. The molecule has 0 N–H and O–H groups in total. The summed E-state index contributed by atoms with van der Waals surface area (Å²) in [6.07, 6.45) is 3.88. The third kappa shape index (κ3) is 3.75. The minimum absolute atomic E-state index is 0.162. The van der Waals surface area contributed by atoms with E-state index in [1.807, 2.05) is 37.8 Å². The number of ether oxygens (including phenoxy) is 1. The first-order valence-corrected chi connectivity index (χ1v) is 9.56. The molecule has 1 aromatic rings. The van der Waals surface area contributed by atoms with Crippen molar-refractivity contribution in [2.24, 2.45) is 0 Å². The Bertz CT molecular complexity index is 588. The van der Waals surface area contributed by atoms with E-state index >= 15 is 0 Å². The smallest absolute Gasteiger partial charge is 0.410 e. The van der Waals surface area contributed by atoms with Crippen molar-refractivity contribution in [3.8, 4) is 0 Å². The van der Waals surface area contributed by atoms with E-state index < -0.39 is 5.60 Å². The minimum Gasteiger partial charge on any atom is -0.444 e. The highest BCUT2D eigenvalue weighted by Crippen LogP contribution is 2.39. The third-order valence-electron chi connectivity index (χ3n) is 4.84. The topological polar surface area (TPSA) is 58.6 Å². The van der Waals surface area contributed by atoms with E-state index in [-0.39, 0.29) is 18.2 Å². The van der Waals surface area contributed by atoms with Gasteiger partial charge in [-0.2, -0.15) is 0 Å². The lowest BCUT2D eigenvalue weighted by Gasteiger charge is -2.42. The molecule has 3 atom stereocenters. The molecule has 0 aromatic carbocycles. The van der Waals surface area contributed by atoms with E-state index in [1.165, 1.54) is 0 Å². The van der Waals surface area contributed by atoms with Crippen molar-refractivity contribution in [2.45, 2.75) is 70.2 Å². The molecule has 132 valence electrons. The number of piperidine rings is 1. The number of rotatable bonds is 2. The first-order chi connectivity index (χ1) is 11.2. The quantitative estimate of drug-likeness (QED) is 0.655. The van der Waals surface area contributed by atoms with Gasteiger partial charge in [-0.15, -0.1) is 10.2 Å². The van der Waals surface area contributed by atoms with Crippen LogP contribution in [0, 0.1) is 3.70 Å². The van der Waals surface area contributed by atoms with E-state index in [9.17, 15) is 4.79 Å². The molecule has 0 spiro atoms. The summed E-state index contributed by atoms with van der Waals surface area (Å²) < 4.78 is 6.49. The summed E-state index contributed by atoms with van der Waals surface area (Å²) in [5, 5.41) is 8.43. The Labute approximate surface area is 157 Å². The molecule has 2 aliphatic heterocycles. The van der Waals surface area contributed by atoms with Gasteiger partial charge in [0.05, 0.1) is 0 Å². The van der Waals surface area contributed by atoms with Crippen LogP contribution in [-0.2, 0) is 4.74 Å². The Hall–Kier alpha value is -1.12. The van der Waals surface area contributed by atoms with Crippen LogP contribution in [0.4, 0.5) is 10.6 Å². The maximum Gasteiger partial charge on any atom is 0.410 e. The molecule has 1 amide bonds. The van der Waals surface area contributed by atoms with Crippen LogP contribution in [0.3, 0.4) is 0 Å². The van der Waals surface area contributed by atoms with Gasteiger partial charge in [-0.1, -0.05) is 0 Å². The largest absolute Gasteiger partial charge is 0.444 e. The first-order valence-electron chi connectivity index (χ1n) is 8.48. The monoisotopic (exact) mass is 444 g/mol. The molecule has 0 unspecified atom stereocenters. The van der Waals surface area contributed by atoms with Crippen LogP contribution in [0.2, 0.25) is 0 Å². The summed E-state index contributed by atoms with van der Waals surface area (Å²) >= 11 is 2.16. The lowest BCUT2D eigenvalue weighted by Crippen LogP contribution is -2.53. The Morgan fingerprint density at radius 1 is 1.25 bits per heavy atom. The summed E-state index contributed by atoms with van der Waals surface area (Å²) in [6, 6.07) is 4.90. The van der Waals surface area contributed by atoms with Crippen molar-refractivity contribution < 1.29 is 9.53 Å². The molecule has 24 heavy (non-hydrogen) atoms. The first kappa shape index (κ1) is 17.7. The molecule has 0 radical (unpaired) electrons. The van der Waals surface area contributed by atoms with Gasteiger partial charge in [-0.05, 0) is 81.2 Å². The number of aromatic nitrogens is 2. The van der Waals surface area contributed by atoms with Crippen LogP contribution in [0.15, 0.2) is 12.1 Å². The highest BCUT2D eigenvalue weighted by Gasteiger charge is 2.45. The van der Waals surface area contributed by atoms with Crippen LogP contribution in [0.1, 0.15) is 46.5 Å². The lowest BCUT2D eigenvalue weighted by molar-refractivity contribution is 0.00597. The second kappa shape index (κ2) is 6.65. The Balaban J connectivity index is 1.68. The van der Waals surface area contributed by atoms with Crippen molar-refractivity contribution in [3.05, 3.63) is 15.8 Å². The predicted octanol–water partition coefficient (Wildman–Crippen LogP) is 3.45. The number of fused-ring (bicyclic) bond motifs is 2. The average molecular weight is 444 g/mol. The number of amides is 1. The average Bonchev–Trinajstić information content (AvgIpc) is 2.76. The second-order valence-electron chi connectivity index (χ2n) is 7.72. The maximum absolute atomic E-state index is 12.5. The third-order valence-corrected chi connectivity index (χ3v) is 5.41. The molecule has 7 heteroatoms. The van der Waals surface area contributed by atoms with Gasteiger partial charge in [0.25, 0.3) is 0 Å². The number of hydrogen-bond donors (Lipinski definition) is 0. The number of anilines is 1. The van der Waals surface area contributed by atoms with Crippen molar-refractivity contribution in [1.29, 1.82) is 0 Å². The van der Waals surface area contributed by atoms with E-state index in [4.69, 9.17) is 4.74 Å². The molecule has 3 rings (SSSR count). The molecule has 6 nitrogen and oxygen atoms in total. The molecule has 2 saturated heterocycles. The van der Waals surface area contributed by atoms with Crippen LogP contribution < -0.4 is 4.90 Å². The molecule has 2 fully saturated rings. The number of nitrogens with zero attached hydrogens (tertiary/aromatic N) is 4. The van der Waals surface area contributed by atoms with Gasteiger partial charge in [0.2, 0.25) is 0 Å². The standard InChI is InChI=1S/C17H25IN4O2/c1-17(2,3)24-16(23)22-11-5-6-12(22)10-13(9-11)21(4)15-8-7-14(18)19-20-15/h7-8,11-13H,5-6,9-10H2,1-4H3/t11-,12+,13-. The fraction of sp³-hybridized carbons (Fsp3) is 0.706. The Kier molecular flexibility index (Phi) is 4.90. The van der Waals surface area contributed by atoms with Gasteiger partial charge < -0.3 is 14.5 Å². The fourth-order valence-electron chi connectivity index (χ4n) is 3.76. The number of halogens is 1. The molecule has 3 heterocycles. The predicted molar refractivity (Wildman–Crippen MR) is 101 cm³/mol. The summed E-state index contributed by atoms with van der Waals surface area (Å²) in [7, 11) is 2.07. The maximum atomic E-state index is 12.5. The van der Waals surface area contributed by atoms with Gasteiger partial charge >= 0.3 is 6.09 Å². The SMILES string of the molecule is CN(c1ccc(I)nn1)[C@@H]1C[C@H]2CC[C@@H](C1)N2C(=O)OC(C)(C)C. The van der Waals surface area contributed by atoms with E-state index in [0.717, 1.165) is 35.2 Å². The van der Waals surface area contributed by atoms with Gasteiger partial charge in [-0.25, -0.2) is 4.79 Å². The van der Waals surface area contributed by atoms with Crippen molar-refractivity contribution in [1.82, 2.24) is 15.1 Å². The van der Waals surface area contributed by atoms with Crippen LogP contribution >= 0.6 is 22.6 Å². The Morgan fingerprint density at radius 3 is 2.38 bits per heavy atom. The van der Waals surface area contributed by atoms with Gasteiger partial charge in [0, 0.05) is 25.2 Å². The van der Waals surface area contributed by atoms with Crippen molar-refractivity contribution in [3.63, 3.8) is 0 Å². The summed E-state index contributed by atoms with van der Waals surface area (Å²) in [6.45, 7) is 5.76. The zero-order chi connectivity index (χ0) is 17.5. The summed E-state index contributed by atoms with van der Waals surface area (Å²) in [4.78, 5) is 16.7. The second-order valence-corrected chi connectivity index (χ2v) is 8.83. The highest BCUT2D eigenvalue weighted by atomic mass is 127. The summed E-state index contributed by atoms with van der Waals surface area (Å²) in [5.74, 6) is 0.894. The van der Waals surface area contributed by atoms with Crippen molar-refractivity contribution >= 4 is 34.5 Å². The molecule has 0 saturated carbocycles. The molecule has 1 aromatic heterocycles. The zero-order valence-corrected chi connectivity index (χ0v) is 16.9. The van der Waals surface area contributed by atoms with Crippen LogP contribution in [-0.4, -0.2) is 52.0 Å². The fourth-order valence-corrected chi connectivity index (χ4v) is 4.05. The van der Waals surface area contributed by atoms with Gasteiger partial charge in [0.15, 0.2) is 5.82 Å². The number of hydrogen-bond acceptors (Lipinski definition) is 5. The molecule has 2 aliphatic rings. The molecule has 2 bridgehead atoms. The minimum atomic E-state index is -0.444. The Morgan fingerprint density at radius 2 is 1.88 bits per heavy atom. The number of carbonyl (C=O) groups excluding carboxylic acids is 1. The zero-order valence-electron chi connectivity index (χ0n) is 14.7. The van der Waals surface area contributed by atoms with Gasteiger partial charge in [-0.3, -0.25) is 0 Å².